The number of methoxy groups -OCH3 is 1. The molecule has 2 rings (SSSR count). The number of hydrogen-bond donors (Lipinski definition) is 1. The molecule has 2 aromatic carbocycles. The second kappa shape index (κ2) is 6.69. The van der Waals surface area contributed by atoms with Crippen LogP contribution in [0.15, 0.2) is 48.5 Å². The summed E-state index contributed by atoms with van der Waals surface area (Å²) in [6.07, 6.45) is 1.96. The van der Waals surface area contributed by atoms with Crippen molar-refractivity contribution in [2.45, 2.75) is 12.8 Å². The van der Waals surface area contributed by atoms with Gasteiger partial charge in [0.05, 0.1) is 13.7 Å². The van der Waals surface area contributed by atoms with Crippen LogP contribution in [0.5, 0.6) is 11.5 Å². The van der Waals surface area contributed by atoms with Gasteiger partial charge in [0.1, 0.15) is 17.2 Å². The zero-order valence-corrected chi connectivity index (χ0v) is 11.1. The Kier molecular flexibility index (Phi) is 4.67. The van der Waals surface area contributed by atoms with Crippen LogP contribution < -0.4 is 15.2 Å². The van der Waals surface area contributed by atoms with Crippen molar-refractivity contribution in [1.82, 2.24) is 0 Å². The first-order valence-corrected chi connectivity index (χ1v) is 6.40. The van der Waals surface area contributed by atoms with Gasteiger partial charge in [-0.15, -0.1) is 0 Å². The monoisotopic (exact) mass is 257 g/mol. The number of rotatable bonds is 6. The van der Waals surface area contributed by atoms with Gasteiger partial charge >= 0.3 is 0 Å². The Morgan fingerprint density at radius 1 is 0.947 bits per heavy atom. The molecule has 0 aliphatic rings. The number of nitrogens with two attached hydrogens (primary N) is 1. The molecule has 100 valence electrons. The number of nitrogen functional groups attached to an aromatic ring is 1. The molecule has 0 unspecified atom stereocenters. The third-order valence-corrected chi connectivity index (χ3v) is 2.96. The Morgan fingerprint density at radius 3 is 2.42 bits per heavy atom. The standard InChI is InChI=1S/C16H19NO2/c1-18-14-10-5-11-15(16(14)17)19-12-6-9-13-7-3-2-4-8-13/h2-5,7-8,10-11H,6,9,12,17H2,1H3. The lowest BCUT2D eigenvalue weighted by atomic mass is 10.1. The molecule has 0 fully saturated rings. The molecule has 2 N–H and O–H groups in total. The molecule has 3 nitrogen and oxygen atoms in total. The molecule has 0 bridgehead atoms. The molecule has 0 radical (unpaired) electrons. The Morgan fingerprint density at radius 2 is 1.68 bits per heavy atom. The van der Waals surface area contributed by atoms with Crippen molar-refractivity contribution in [3.05, 3.63) is 54.1 Å². The Balaban J connectivity index is 1.83. The van der Waals surface area contributed by atoms with Crippen molar-refractivity contribution in [3.63, 3.8) is 0 Å². The highest BCUT2D eigenvalue weighted by atomic mass is 16.5. The zero-order chi connectivity index (χ0) is 13.5. The quantitative estimate of drug-likeness (QED) is 0.638. The highest BCUT2D eigenvalue weighted by Crippen LogP contribution is 2.30. The van der Waals surface area contributed by atoms with E-state index in [0.717, 1.165) is 12.8 Å². The van der Waals surface area contributed by atoms with E-state index in [1.54, 1.807) is 7.11 Å². The molecule has 0 heterocycles. The highest BCUT2D eigenvalue weighted by Gasteiger charge is 2.05. The van der Waals surface area contributed by atoms with E-state index in [9.17, 15) is 0 Å². The fourth-order valence-corrected chi connectivity index (χ4v) is 1.93. The van der Waals surface area contributed by atoms with Gasteiger partial charge < -0.3 is 15.2 Å². The van der Waals surface area contributed by atoms with Crippen LogP contribution in [0.2, 0.25) is 0 Å². The average Bonchev–Trinajstić information content (AvgIpc) is 2.46. The van der Waals surface area contributed by atoms with Gasteiger partial charge in [0.2, 0.25) is 0 Å². The van der Waals surface area contributed by atoms with Crippen LogP contribution in [-0.4, -0.2) is 13.7 Å². The predicted octanol–water partition coefficient (Wildman–Crippen LogP) is 3.29. The molecule has 0 spiro atoms. The minimum Gasteiger partial charge on any atom is -0.494 e. The van der Waals surface area contributed by atoms with Crippen molar-refractivity contribution in [1.29, 1.82) is 0 Å². The van der Waals surface area contributed by atoms with Crippen LogP contribution in [0.3, 0.4) is 0 Å². The molecule has 0 atom stereocenters. The zero-order valence-electron chi connectivity index (χ0n) is 11.1. The molecule has 2 aromatic rings. The normalized spacial score (nSPS) is 10.2. The number of anilines is 1. The SMILES string of the molecule is COc1cccc(OCCCc2ccccc2)c1N. The lowest BCUT2D eigenvalue weighted by Gasteiger charge is -2.11. The van der Waals surface area contributed by atoms with E-state index in [2.05, 4.69) is 24.3 Å². The van der Waals surface area contributed by atoms with Crippen molar-refractivity contribution < 1.29 is 9.47 Å². The van der Waals surface area contributed by atoms with Gasteiger partial charge in [-0.05, 0) is 30.5 Å². The van der Waals surface area contributed by atoms with Crippen LogP contribution in [0.4, 0.5) is 5.69 Å². The first kappa shape index (κ1) is 13.3. The van der Waals surface area contributed by atoms with Gasteiger partial charge in [0, 0.05) is 0 Å². The maximum atomic E-state index is 5.94. The average molecular weight is 257 g/mol. The number of ether oxygens (including phenoxy) is 2. The maximum absolute atomic E-state index is 5.94. The predicted molar refractivity (Wildman–Crippen MR) is 77.7 cm³/mol. The molecule has 0 aliphatic carbocycles. The van der Waals surface area contributed by atoms with E-state index in [0.29, 0.717) is 23.8 Å². The first-order valence-electron chi connectivity index (χ1n) is 6.40. The second-order valence-corrected chi connectivity index (χ2v) is 4.31. The molecular formula is C16H19NO2. The van der Waals surface area contributed by atoms with E-state index >= 15 is 0 Å². The number of aryl methyl sites for hydroxylation is 1. The Bertz CT molecular complexity index is 511. The summed E-state index contributed by atoms with van der Waals surface area (Å²) in [6.45, 7) is 0.645. The number of hydrogen-bond acceptors (Lipinski definition) is 3. The Labute approximate surface area is 114 Å². The van der Waals surface area contributed by atoms with E-state index in [1.165, 1.54) is 5.56 Å². The van der Waals surface area contributed by atoms with Gasteiger partial charge in [0.15, 0.2) is 0 Å². The topological polar surface area (TPSA) is 44.5 Å². The summed E-state index contributed by atoms with van der Waals surface area (Å²) in [5, 5.41) is 0. The third-order valence-electron chi connectivity index (χ3n) is 2.96. The highest BCUT2D eigenvalue weighted by molar-refractivity contribution is 5.62. The molecule has 0 saturated carbocycles. The Hall–Kier alpha value is -2.16. The fraction of sp³-hybridized carbons (Fsp3) is 0.250. The van der Waals surface area contributed by atoms with Crippen molar-refractivity contribution in [2.75, 3.05) is 19.5 Å². The molecule has 19 heavy (non-hydrogen) atoms. The molecule has 0 aliphatic heterocycles. The summed E-state index contributed by atoms with van der Waals surface area (Å²) < 4.78 is 10.9. The maximum Gasteiger partial charge on any atom is 0.146 e. The van der Waals surface area contributed by atoms with Crippen molar-refractivity contribution in [2.24, 2.45) is 0 Å². The van der Waals surface area contributed by atoms with E-state index in [-0.39, 0.29) is 0 Å². The summed E-state index contributed by atoms with van der Waals surface area (Å²) in [5.74, 6) is 1.34. The van der Waals surface area contributed by atoms with Crippen LogP contribution in [0.1, 0.15) is 12.0 Å². The summed E-state index contributed by atoms with van der Waals surface area (Å²) in [5.41, 5.74) is 7.82. The molecular weight excluding hydrogens is 238 g/mol. The van der Waals surface area contributed by atoms with Gasteiger partial charge in [-0.2, -0.15) is 0 Å². The number of benzene rings is 2. The minimum absolute atomic E-state index is 0.560. The number of para-hydroxylation sites is 1. The summed E-state index contributed by atoms with van der Waals surface area (Å²) in [4.78, 5) is 0. The fourth-order valence-electron chi connectivity index (χ4n) is 1.93. The summed E-state index contributed by atoms with van der Waals surface area (Å²) >= 11 is 0. The van der Waals surface area contributed by atoms with Gasteiger partial charge in [-0.1, -0.05) is 36.4 Å². The third kappa shape index (κ3) is 3.65. The lowest BCUT2D eigenvalue weighted by Crippen LogP contribution is -2.02. The van der Waals surface area contributed by atoms with E-state index in [4.69, 9.17) is 15.2 Å². The van der Waals surface area contributed by atoms with Crippen molar-refractivity contribution >= 4 is 5.69 Å². The largest absolute Gasteiger partial charge is 0.494 e. The van der Waals surface area contributed by atoms with Gasteiger partial charge in [0.25, 0.3) is 0 Å². The first-order chi connectivity index (χ1) is 9.31. The summed E-state index contributed by atoms with van der Waals surface area (Å²) in [6, 6.07) is 15.9. The van der Waals surface area contributed by atoms with Gasteiger partial charge in [-0.25, -0.2) is 0 Å². The lowest BCUT2D eigenvalue weighted by molar-refractivity contribution is 0.310. The van der Waals surface area contributed by atoms with E-state index < -0.39 is 0 Å². The molecule has 0 aromatic heterocycles. The molecule has 0 saturated heterocycles. The minimum atomic E-state index is 0.560. The van der Waals surface area contributed by atoms with Crippen LogP contribution >= 0.6 is 0 Å². The van der Waals surface area contributed by atoms with Crippen LogP contribution in [0, 0.1) is 0 Å². The summed E-state index contributed by atoms with van der Waals surface area (Å²) in [7, 11) is 1.60. The van der Waals surface area contributed by atoms with Crippen LogP contribution in [0.25, 0.3) is 0 Å². The van der Waals surface area contributed by atoms with Crippen LogP contribution in [-0.2, 0) is 6.42 Å². The molecule has 3 heteroatoms. The van der Waals surface area contributed by atoms with Crippen molar-refractivity contribution in [3.8, 4) is 11.5 Å². The van der Waals surface area contributed by atoms with Gasteiger partial charge in [-0.3, -0.25) is 0 Å². The smallest absolute Gasteiger partial charge is 0.146 e. The molecule has 0 amide bonds. The second-order valence-electron chi connectivity index (χ2n) is 4.31. The van der Waals surface area contributed by atoms with E-state index in [1.807, 2.05) is 24.3 Å².